The molecule has 0 radical (unpaired) electrons. The molecule has 0 aliphatic carbocycles. The number of hydrogen-bond acceptors (Lipinski definition) is 4. The van der Waals surface area contributed by atoms with Crippen LogP contribution in [0.3, 0.4) is 0 Å². The van der Waals surface area contributed by atoms with Crippen LogP contribution >= 0.6 is 15.9 Å². The van der Waals surface area contributed by atoms with Crippen molar-refractivity contribution in [2.45, 2.75) is 0 Å². The average molecular weight is 271 g/mol. The Labute approximate surface area is 96.4 Å². The average Bonchev–Trinajstić information content (AvgIpc) is 2.30. The Morgan fingerprint density at radius 2 is 2.20 bits per heavy atom. The van der Waals surface area contributed by atoms with Crippen LogP contribution in [-0.4, -0.2) is 37.6 Å². The zero-order valence-corrected chi connectivity index (χ0v) is 9.74. The predicted molar refractivity (Wildman–Crippen MR) is 60.4 cm³/mol. The van der Waals surface area contributed by atoms with Gasteiger partial charge in [0, 0.05) is 19.3 Å². The van der Waals surface area contributed by atoms with Gasteiger partial charge in [-0.1, -0.05) is 0 Å². The fourth-order valence-electron chi connectivity index (χ4n) is 1.63. The first-order chi connectivity index (χ1) is 7.33. The number of carbonyl (C=O) groups excluding carboxylic acids is 1. The molecule has 1 saturated heterocycles. The molecule has 1 aliphatic heterocycles. The van der Waals surface area contributed by atoms with Gasteiger partial charge in [-0.15, -0.1) is 0 Å². The van der Waals surface area contributed by atoms with Gasteiger partial charge in [-0.25, -0.2) is 4.98 Å². The van der Waals surface area contributed by atoms with Crippen molar-refractivity contribution in [2.75, 3.05) is 31.2 Å². The van der Waals surface area contributed by atoms with E-state index < -0.39 is 0 Å². The zero-order chi connectivity index (χ0) is 10.7. The van der Waals surface area contributed by atoms with E-state index in [0.29, 0.717) is 23.4 Å². The molecule has 0 bridgehead atoms. The number of carbonyl (C=O) groups is 1. The summed E-state index contributed by atoms with van der Waals surface area (Å²) in [6.07, 6.45) is 2.53. The summed E-state index contributed by atoms with van der Waals surface area (Å²) in [6.45, 7) is 3.05. The van der Waals surface area contributed by atoms with Gasteiger partial charge in [0.2, 0.25) is 0 Å². The molecule has 5 heteroatoms. The molecule has 15 heavy (non-hydrogen) atoms. The molecule has 1 fully saturated rings. The van der Waals surface area contributed by atoms with Crippen LogP contribution in [0.4, 0.5) is 5.69 Å². The van der Waals surface area contributed by atoms with Gasteiger partial charge in [-0.05, 0) is 22.0 Å². The van der Waals surface area contributed by atoms with Crippen molar-refractivity contribution >= 4 is 27.9 Å². The smallest absolute Gasteiger partial charge is 0.154 e. The van der Waals surface area contributed by atoms with Crippen LogP contribution < -0.4 is 4.90 Å². The molecule has 2 heterocycles. The maximum Gasteiger partial charge on any atom is 0.154 e. The zero-order valence-electron chi connectivity index (χ0n) is 8.15. The summed E-state index contributed by atoms with van der Waals surface area (Å²) in [6, 6.07) is 1.86. The quantitative estimate of drug-likeness (QED) is 0.603. The van der Waals surface area contributed by atoms with E-state index in [2.05, 4.69) is 25.8 Å². The number of anilines is 1. The Morgan fingerprint density at radius 1 is 1.47 bits per heavy atom. The molecule has 0 spiro atoms. The number of aromatic nitrogens is 1. The van der Waals surface area contributed by atoms with Crippen LogP contribution in [0, 0.1) is 0 Å². The largest absolute Gasteiger partial charge is 0.378 e. The van der Waals surface area contributed by atoms with Gasteiger partial charge >= 0.3 is 0 Å². The van der Waals surface area contributed by atoms with E-state index >= 15 is 0 Å². The lowest BCUT2D eigenvalue weighted by Crippen LogP contribution is -2.36. The number of nitrogens with zero attached hydrogens (tertiary/aromatic N) is 2. The Kier molecular flexibility index (Phi) is 3.33. The van der Waals surface area contributed by atoms with Crippen molar-refractivity contribution in [2.24, 2.45) is 0 Å². The highest BCUT2D eigenvalue weighted by Crippen LogP contribution is 2.24. The molecular weight excluding hydrogens is 260 g/mol. The second kappa shape index (κ2) is 4.72. The van der Waals surface area contributed by atoms with Gasteiger partial charge in [-0.2, -0.15) is 0 Å². The monoisotopic (exact) mass is 270 g/mol. The Hall–Kier alpha value is -0.940. The highest BCUT2D eigenvalue weighted by atomic mass is 79.9. The summed E-state index contributed by atoms with van der Waals surface area (Å²) >= 11 is 3.27. The first-order valence-corrected chi connectivity index (χ1v) is 5.54. The van der Waals surface area contributed by atoms with Gasteiger partial charge in [0.1, 0.15) is 4.60 Å². The first kappa shape index (κ1) is 10.6. The lowest BCUT2D eigenvalue weighted by molar-refractivity contribution is 0.111. The number of rotatable bonds is 2. The third-order valence-corrected chi connectivity index (χ3v) is 3.02. The van der Waals surface area contributed by atoms with Crippen LogP contribution in [0.25, 0.3) is 0 Å². The molecule has 1 aliphatic rings. The summed E-state index contributed by atoms with van der Waals surface area (Å²) in [5.74, 6) is 0. The van der Waals surface area contributed by atoms with E-state index in [9.17, 15) is 4.79 Å². The second-order valence-corrected chi connectivity index (χ2v) is 4.00. The minimum atomic E-state index is 0.599. The van der Waals surface area contributed by atoms with Gasteiger partial charge in [-0.3, -0.25) is 4.79 Å². The minimum absolute atomic E-state index is 0.599. The second-order valence-electron chi connectivity index (χ2n) is 3.25. The highest BCUT2D eigenvalue weighted by molar-refractivity contribution is 9.10. The Bertz CT molecular complexity index is 364. The van der Waals surface area contributed by atoms with Crippen molar-refractivity contribution in [3.8, 4) is 0 Å². The topological polar surface area (TPSA) is 42.4 Å². The van der Waals surface area contributed by atoms with Crippen LogP contribution in [-0.2, 0) is 4.74 Å². The van der Waals surface area contributed by atoms with Gasteiger partial charge < -0.3 is 9.64 Å². The molecule has 0 saturated carbocycles. The van der Waals surface area contributed by atoms with E-state index in [1.54, 1.807) is 6.20 Å². The number of aldehydes is 1. The first-order valence-electron chi connectivity index (χ1n) is 4.75. The third kappa shape index (κ3) is 2.18. The van der Waals surface area contributed by atoms with E-state index in [0.717, 1.165) is 25.1 Å². The van der Waals surface area contributed by atoms with Crippen LogP contribution in [0.5, 0.6) is 0 Å². The molecule has 0 N–H and O–H groups in total. The maximum absolute atomic E-state index is 11.0. The van der Waals surface area contributed by atoms with Crippen LogP contribution in [0.1, 0.15) is 10.4 Å². The Morgan fingerprint density at radius 3 is 2.87 bits per heavy atom. The number of ether oxygens (including phenoxy) is 1. The highest BCUT2D eigenvalue weighted by Gasteiger charge is 2.16. The molecule has 1 aromatic heterocycles. The number of morpholine rings is 1. The van der Waals surface area contributed by atoms with E-state index in [1.807, 2.05) is 6.07 Å². The summed E-state index contributed by atoms with van der Waals surface area (Å²) in [5.41, 5.74) is 1.54. The minimum Gasteiger partial charge on any atom is -0.378 e. The standard InChI is InChI=1S/C10H11BrN2O2/c11-10-8(7-14)9(1-2-12-10)13-3-5-15-6-4-13/h1-2,7H,3-6H2. The van der Waals surface area contributed by atoms with E-state index in [-0.39, 0.29) is 0 Å². The summed E-state index contributed by atoms with van der Waals surface area (Å²) in [7, 11) is 0. The fraction of sp³-hybridized carbons (Fsp3) is 0.400. The lowest BCUT2D eigenvalue weighted by Gasteiger charge is -2.29. The third-order valence-electron chi connectivity index (χ3n) is 2.39. The van der Waals surface area contributed by atoms with Crippen molar-refractivity contribution < 1.29 is 9.53 Å². The van der Waals surface area contributed by atoms with Crippen molar-refractivity contribution in [1.82, 2.24) is 4.98 Å². The summed E-state index contributed by atoms with van der Waals surface area (Å²) < 4.78 is 5.87. The fourth-order valence-corrected chi connectivity index (χ4v) is 2.04. The van der Waals surface area contributed by atoms with E-state index in [4.69, 9.17) is 4.74 Å². The summed E-state index contributed by atoms with van der Waals surface area (Å²) in [4.78, 5) is 17.1. The summed E-state index contributed by atoms with van der Waals surface area (Å²) in [5, 5.41) is 0. The molecule has 2 rings (SSSR count). The molecule has 0 atom stereocenters. The number of hydrogen-bond donors (Lipinski definition) is 0. The van der Waals surface area contributed by atoms with Crippen molar-refractivity contribution in [3.05, 3.63) is 22.4 Å². The molecule has 0 aromatic carbocycles. The molecule has 0 unspecified atom stereocenters. The maximum atomic E-state index is 11.0. The molecule has 80 valence electrons. The van der Waals surface area contributed by atoms with Crippen LogP contribution in [0.15, 0.2) is 16.9 Å². The molecular formula is C10H11BrN2O2. The number of pyridine rings is 1. The van der Waals surface area contributed by atoms with Gasteiger partial charge in [0.25, 0.3) is 0 Å². The van der Waals surface area contributed by atoms with Crippen molar-refractivity contribution in [3.63, 3.8) is 0 Å². The normalized spacial score (nSPS) is 16.5. The van der Waals surface area contributed by atoms with E-state index in [1.165, 1.54) is 0 Å². The lowest BCUT2D eigenvalue weighted by atomic mass is 10.2. The number of halogens is 1. The molecule has 0 amide bonds. The Balaban J connectivity index is 2.33. The van der Waals surface area contributed by atoms with Crippen molar-refractivity contribution in [1.29, 1.82) is 0 Å². The SMILES string of the molecule is O=Cc1c(N2CCOCC2)ccnc1Br. The van der Waals surface area contributed by atoms with Gasteiger partial charge in [0.05, 0.1) is 24.5 Å². The van der Waals surface area contributed by atoms with Gasteiger partial charge in [0.15, 0.2) is 6.29 Å². The predicted octanol–water partition coefficient (Wildman–Crippen LogP) is 1.49. The molecule has 4 nitrogen and oxygen atoms in total. The molecule has 1 aromatic rings. The van der Waals surface area contributed by atoms with Crippen LogP contribution in [0.2, 0.25) is 0 Å².